The van der Waals surface area contributed by atoms with Crippen LogP contribution in [0.4, 0.5) is 5.69 Å². The van der Waals surface area contributed by atoms with Crippen LogP contribution in [0, 0.1) is 0 Å². The number of hydrogen-bond acceptors (Lipinski definition) is 3. The highest BCUT2D eigenvalue weighted by Crippen LogP contribution is 2.25. The average molecular weight is 234 g/mol. The van der Waals surface area contributed by atoms with Crippen LogP contribution in [-0.4, -0.2) is 29.7 Å². The fourth-order valence-corrected chi connectivity index (χ4v) is 2.03. The normalized spacial score (nSPS) is 19.3. The second-order valence-electron chi connectivity index (χ2n) is 4.35. The second kappa shape index (κ2) is 5.19. The molecule has 0 bridgehead atoms. The summed E-state index contributed by atoms with van der Waals surface area (Å²) in [7, 11) is 0. The van der Waals surface area contributed by atoms with Gasteiger partial charge in [0.15, 0.2) is 0 Å². The highest BCUT2D eigenvalue weighted by atomic mass is 16.3. The van der Waals surface area contributed by atoms with Crippen molar-refractivity contribution in [3.05, 3.63) is 29.8 Å². The van der Waals surface area contributed by atoms with E-state index in [9.17, 15) is 4.79 Å². The first-order chi connectivity index (χ1) is 8.24. The van der Waals surface area contributed by atoms with Crippen molar-refractivity contribution in [2.24, 2.45) is 0 Å². The fourth-order valence-electron chi connectivity index (χ4n) is 2.03. The van der Waals surface area contributed by atoms with Gasteiger partial charge >= 0.3 is 0 Å². The molecule has 0 aliphatic carbocycles. The summed E-state index contributed by atoms with van der Waals surface area (Å²) < 4.78 is 0. The monoisotopic (exact) mass is 234 g/mol. The first-order valence-corrected chi connectivity index (χ1v) is 6.00. The quantitative estimate of drug-likeness (QED) is 0.725. The third-order valence-corrected chi connectivity index (χ3v) is 3.15. The lowest BCUT2D eigenvalue weighted by Crippen LogP contribution is -2.45. The van der Waals surface area contributed by atoms with Crippen LogP contribution in [0.3, 0.4) is 0 Å². The van der Waals surface area contributed by atoms with E-state index in [0.717, 1.165) is 12.1 Å². The summed E-state index contributed by atoms with van der Waals surface area (Å²) >= 11 is 0. The zero-order chi connectivity index (χ0) is 12.3. The summed E-state index contributed by atoms with van der Waals surface area (Å²) in [6, 6.07) is 7.57. The summed E-state index contributed by atoms with van der Waals surface area (Å²) in [6.45, 7) is 1.93. The Labute approximate surface area is 101 Å². The minimum Gasteiger partial charge on any atom is -0.394 e. The summed E-state index contributed by atoms with van der Waals surface area (Å²) in [5.74, 6) is -0.0397. The maximum atomic E-state index is 12.0. The van der Waals surface area contributed by atoms with Gasteiger partial charge in [0.25, 0.3) is 0 Å². The minimum absolute atomic E-state index is 0.0120. The number of fused-ring (bicyclic) bond motifs is 1. The molecule has 1 aliphatic heterocycles. The molecule has 0 saturated heterocycles. The SMILES string of the molecule is CC[C@@H](CO)NC(=O)C1Cc2ccccc2N1. The molecule has 1 unspecified atom stereocenters. The Kier molecular flexibility index (Phi) is 3.64. The van der Waals surface area contributed by atoms with Crippen LogP contribution >= 0.6 is 0 Å². The van der Waals surface area contributed by atoms with Crippen molar-refractivity contribution in [3.63, 3.8) is 0 Å². The van der Waals surface area contributed by atoms with Gasteiger partial charge < -0.3 is 15.7 Å². The van der Waals surface area contributed by atoms with E-state index in [1.165, 1.54) is 5.56 Å². The third kappa shape index (κ3) is 2.58. The van der Waals surface area contributed by atoms with Crippen molar-refractivity contribution < 1.29 is 9.90 Å². The molecule has 0 spiro atoms. The summed E-state index contributed by atoms with van der Waals surface area (Å²) in [5.41, 5.74) is 2.20. The van der Waals surface area contributed by atoms with E-state index in [-0.39, 0.29) is 24.6 Å². The number of anilines is 1. The largest absolute Gasteiger partial charge is 0.394 e. The van der Waals surface area contributed by atoms with Crippen LogP contribution in [0.2, 0.25) is 0 Å². The summed E-state index contributed by atoms with van der Waals surface area (Å²) in [6.07, 6.45) is 1.45. The number of carbonyl (C=O) groups is 1. The van der Waals surface area contributed by atoms with Crippen molar-refractivity contribution in [1.29, 1.82) is 0 Å². The number of amides is 1. The second-order valence-corrected chi connectivity index (χ2v) is 4.35. The van der Waals surface area contributed by atoms with Crippen LogP contribution in [0.5, 0.6) is 0 Å². The standard InChI is InChI=1S/C13H18N2O2/c1-2-10(8-16)14-13(17)12-7-9-5-3-4-6-11(9)15-12/h3-6,10,12,15-16H,2,7-8H2,1H3,(H,14,17)/t10-,12?/m0/s1. The molecule has 0 fully saturated rings. The molecule has 4 nitrogen and oxygen atoms in total. The van der Waals surface area contributed by atoms with Gasteiger partial charge in [-0.25, -0.2) is 0 Å². The lowest BCUT2D eigenvalue weighted by Gasteiger charge is -2.17. The Balaban J connectivity index is 1.96. The van der Waals surface area contributed by atoms with Gasteiger partial charge in [-0.1, -0.05) is 25.1 Å². The van der Waals surface area contributed by atoms with Gasteiger partial charge in [-0.2, -0.15) is 0 Å². The molecule has 1 aromatic rings. The zero-order valence-corrected chi connectivity index (χ0v) is 9.94. The van der Waals surface area contributed by atoms with Gasteiger partial charge in [0.1, 0.15) is 6.04 Å². The Bertz CT molecular complexity index is 377. The van der Waals surface area contributed by atoms with E-state index in [0.29, 0.717) is 6.42 Å². The Hall–Kier alpha value is -1.55. The molecule has 1 amide bonds. The van der Waals surface area contributed by atoms with Gasteiger partial charge in [0.05, 0.1) is 12.6 Å². The van der Waals surface area contributed by atoms with Crippen LogP contribution in [0.25, 0.3) is 0 Å². The van der Waals surface area contributed by atoms with Crippen molar-refractivity contribution in [2.45, 2.75) is 31.8 Å². The van der Waals surface area contributed by atoms with Gasteiger partial charge in [0, 0.05) is 12.1 Å². The van der Waals surface area contributed by atoms with Crippen LogP contribution in [0.1, 0.15) is 18.9 Å². The molecule has 1 aliphatic rings. The molecule has 0 aromatic heterocycles. The summed E-state index contributed by atoms with van der Waals surface area (Å²) in [4.78, 5) is 12.0. The lowest BCUT2D eigenvalue weighted by molar-refractivity contribution is -0.122. The number of para-hydroxylation sites is 1. The molecule has 2 atom stereocenters. The van der Waals surface area contributed by atoms with Crippen molar-refractivity contribution in [2.75, 3.05) is 11.9 Å². The molecule has 92 valence electrons. The molecule has 0 saturated carbocycles. The number of benzene rings is 1. The third-order valence-electron chi connectivity index (χ3n) is 3.15. The molecule has 3 N–H and O–H groups in total. The maximum Gasteiger partial charge on any atom is 0.243 e. The smallest absolute Gasteiger partial charge is 0.243 e. The van der Waals surface area contributed by atoms with Crippen LogP contribution < -0.4 is 10.6 Å². The predicted molar refractivity (Wildman–Crippen MR) is 66.9 cm³/mol. The van der Waals surface area contributed by atoms with Crippen LogP contribution in [0.15, 0.2) is 24.3 Å². The first kappa shape index (κ1) is 11.9. The van der Waals surface area contributed by atoms with E-state index in [1.54, 1.807) is 0 Å². The molecular weight excluding hydrogens is 216 g/mol. The zero-order valence-electron chi connectivity index (χ0n) is 9.94. The highest BCUT2D eigenvalue weighted by Gasteiger charge is 2.27. The Morgan fingerprint density at radius 1 is 1.59 bits per heavy atom. The molecule has 1 heterocycles. The molecule has 1 aromatic carbocycles. The molecule has 0 radical (unpaired) electrons. The molecule has 17 heavy (non-hydrogen) atoms. The first-order valence-electron chi connectivity index (χ1n) is 6.00. The number of hydrogen-bond donors (Lipinski definition) is 3. The van der Waals surface area contributed by atoms with Crippen LogP contribution in [-0.2, 0) is 11.2 Å². The van der Waals surface area contributed by atoms with Gasteiger partial charge in [0.2, 0.25) is 5.91 Å². The topological polar surface area (TPSA) is 61.4 Å². The van der Waals surface area contributed by atoms with Crippen molar-refractivity contribution in [1.82, 2.24) is 5.32 Å². The van der Waals surface area contributed by atoms with E-state index < -0.39 is 0 Å². The number of aliphatic hydroxyl groups is 1. The van der Waals surface area contributed by atoms with Gasteiger partial charge in [-0.3, -0.25) is 4.79 Å². The number of rotatable bonds is 4. The lowest BCUT2D eigenvalue weighted by atomic mass is 10.1. The number of nitrogens with one attached hydrogen (secondary N) is 2. The van der Waals surface area contributed by atoms with Crippen molar-refractivity contribution in [3.8, 4) is 0 Å². The van der Waals surface area contributed by atoms with E-state index in [2.05, 4.69) is 10.6 Å². The predicted octanol–water partition coefficient (Wildman–Crippen LogP) is 0.910. The fraction of sp³-hybridized carbons (Fsp3) is 0.462. The Morgan fingerprint density at radius 3 is 3.00 bits per heavy atom. The van der Waals surface area contributed by atoms with Gasteiger partial charge in [-0.05, 0) is 18.1 Å². The van der Waals surface area contributed by atoms with Gasteiger partial charge in [-0.15, -0.1) is 0 Å². The summed E-state index contributed by atoms with van der Waals surface area (Å²) in [5, 5.41) is 15.1. The average Bonchev–Trinajstić information content (AvgIpc) is 2.79. The van der Waals surface area contributed by atoms with E-state index in [1.807, 2.05) is 31.2 Å². The number of carbonyl (C=O) groups excluding carboxylic acids is 1. The van der Waals surface area contributed by atoms with E-state index in [4.69, 9.17) is 5.11 Å². The minimum atomic E-state index is -0.215. The highest BCUT2D eigenvalue weighted by molar-refractivity contribution is 5.87. The molecule has 4 heteroatoms. The maximum absolute atomic E-state index is 12.0. The number of aliphatic hydroxyl groups excluding tert-OH is 1. The van der Waals surface area contributed by atoms with Crippen molar-refractivity contribution >= 4 is 11.6 Å². The molecular formula is C13H18N2O2. The Morgan fingerprint density at radius 2 is 2.35 bits per heavy atom. The van der Waals surface area contributed by atoms with E-state index >= 15 is 0 Å². The molecule has 2 rings (SSSR count).